The fraction of sp³-hybridized carbons (Fsp3) is 0.833. The zero-order valence-electron chi connectivity index (χ0n) is 42.9. The van der Waals surface area contributed by atoms with Crippen LogP contribution in [0.5, 0.6) is 0 Å². The maximum absolute atomic E-state index is 14.7. The van der Waals surface area contributed by atoms with Gasteiger partial charge in [-0.25, -0.2) is 4.39 Å². The quantitative estimate of drug-likeness (QED) is 0.124. The molecule has 7 fully saturated rings. The van der Waals surface area contributed by atoms with Gasteiger partial charge in [0.1, 0.15) is 66.9 Å². The Morgan fingerprint density at radius 3 is 1.89 bits per heavy atom. The lowest BCUT2D eigenvalue weighted by atomic mass is 9.33. The number of carbonyl (C=O) groups is 1. The topological polar surface area (TPSA) is 246 Å². The van der Waals surface area contributed by atoms with Crippen LogP contribution in [-0.2, 0) is 33.2 Å². The lowest BCUT2D eigenvalue weighted by Gasteiger charge is -2.71. The van der Waals surface area contributed by atoms with Crippen LogP contribution in [0.2, 0.25) is 0 Å². The normalized spacial score (nSPS) is 51.7. The molecule has 3 aliphatic heterocycles. The standard InChI is InChI=1S/C54H82FNO15/c1-25-16-21-54(49(65)56-30-12-10-29(55)11-13-30)23-22-52(8)31(36(54)26(25)2)14-15-34-51(7)19-18-35(50(5,6)33(51)17-20-53(34,52)9)69-48-45(71-47-42(63)40(61)38(59)28(4)67-47)43(64)44(32(24-57)68-48)70-46-41(62)39(60)37(58)27(3)66-46/h10-14,25-28,32-48,57-64H,15-24H2,1-9H3,(H,56,65)/t25-,26+,27+,28+,32-,33+,34-,35+,36+,37+,38+,39-,40-,41-,42-,43+,44-,45-,46+,47+,48+,51+,52-,53-,54+/m1/s1. The summed E-state index contributed by atoms with van der Waals surface area (Å²) >= 11 is 0. The molecule has 0 bridgehead atoms. The number of rotatable bonds is 9. The summed E-state index contributed by atoms with van der Waals surface area (Å²) in [6, 6.07) is 6.05. The molecule has 3 heterocycles. The molecule has 9 N–H and O–H groups in total. The summed E-state index contributed by atoms with van der Waals surface area (Å²) in [6.45, 7) is 18.8. The average molecular weight is 1000 g/mol. The van der Waals surface area contributed by atoms with E-state index in [1.165, 1.54) is 31.6 Å². The largest absolute Gasteiger partial charge is 0.394 e. The first-order valence-corrected chi connectivity index (χ1v) is 26.4. The van der Waals surface area contributed by atoms with E-state index >= 15 is 0 Å². The van der Waals surface area contributed by atoms with Crippen LogP contribution in [-0.4, -0.2) is 152 Å². The summed E-state index contributed by atoms with van der Waals surface area (Å²) in [4.78, 5) is 14.7. The molecular weight excluding hydrogens is 922 g/mol. The van der Waals surface area contributed by atoms with Crippen molar-refractivity contribution in [1.29, 1.82) is 0 Å². The molecule has 8 aliphatic rings. The van der Waals surface area contributed by atoms with Crippen molar-refractivity contribution in [3.63, 3.8) is 0 Å². The monoisotopic (exact) mass is 1000 g/mol. The third-order valence-electron chi connectivity index (χ3n) is 20.8. The molecule has 25 atom stereocenters. The number of nitrogens with one attached hydrogen (secondary N) is 1. The Kier molecular flexibility index (Phi) is 14.7. The van der Waals surface area contributed by atoms with Gasteiger partial charge < -0.3 is 74.6 Å². The van der Waals surface area contributed by atoms with Crippen LogP contribution in [0.1, 0.15) is 120 Å². The zero-order chi connectivity index (χ0) is 51.5. The first-order chi connectivity index (χ1) is 33.3. The molecule has 0 spiro atoms. The van der Waals surface area contributed by atoms with Crippen LogP contribution in [0.25, 0.3) is 0 Å². The number of anilines is 1. The Hall–Kier alpha value is -2.20. The van der Waals surface area contributed by atoms with Crippen LogP contribution >= 0.6 is 0 Å². The van der Waals surface area contributed by atoms with E-state index in [4.69, 9.17) is 28.4 Å². The van der Waals surface area contributed by atoms with Gasteiger partial charge in [0.15, 0.2) is 18.9 Å². The molecule has 4 saturated carbocycles. The van der Waals surface area contributed by atoms with Crippen molar-refractivity contribution in [3.05, 3.63) is 41.7 Å². The Balaban J connectivity index is 0.982. The van der Waals surface area contributed by atoms with E-state index in [0.29, 0.717) is 29.9 Å². The van der Waals surface area contributed by atoms with Gasteiger partial charge in [-0.3, -0.25) is 4.79 Å². The van der Waals surface area contributed by atoms with Gasteiger partial charge in [-0.05, 0) is 147 Å². The molecule has 0 unspecified atom stereocenters. The minimum atomic E-state index is -1.75. The minimum absolute atomic E-state index is 0.0370. The van der Waals surface area contributed by atoms with Gasteiger partial charge >= 0.3 is 0 Å². The van der Waals surface area contributed by atoms with E-state index in [-0.39, 0.29) is 39.8 Å². The molecule has 1 aromatic carbocycles. The SMILES string of the molecule is C[C@H]1[C@H](C)CC[C@]2(C(=O)Nc3ccc(F)cc3)CC[C@]3(C)C(=CC[C@@H]4[C@@]5(C)CC[C@H](O[C@@H]6O[C@H](CO)[C@@H](O[C@@H]7O[C@@H](C)[C@H](O)[C@@H](O)[C@H]7O)[C@H](O)[C@H]6O[C@@H]6O[C@@H](C)[C@H](O)[C@@H](O)[C@H]6O)C(C)(C)[C@@H]5CC[C@]43C)[C@H]12. The summed E-state index contributed by atoms with van der Waals surface area (Å²) in [5, 5.41) is 90.3. The Labute approximate surface area is 417 Å². The van der Waals surface area contributed by atoms with E-state index in [0.717, 1.165) is 51.4 Å². The van der Waals surface area contributed by atoms with Gasteiger partial charge in [-0.15, -0.1) is 0 Å². The number of ether oxygens (including phenoxy) is 6. The summed E-state index contributed by atoms with van der Waals surface area (Å²) < 4.78 is 51.2. The van der Waals surface area contributed by atoms with Crippen molar-refractivity contribution in [2.45, 2.75) is 218 Å². The number of amides is 1. The molecule has 71 heavy (non-hydrogen) atoms. The Bertz CT molecular complexity index is 2120. The Morgan fingerprint density at radius 1 is 0.676 bits per heavy atom. The lowest BCUT2D eigenvalue weighted by molar-refractivity contribution is -0.393. The van der Waals surface area contributed by atoms with Crippen LogP contribution in [0.15, 0.2) is 35.9 Å². The summed E-state index contributed by atoms with van der Waals surface area (Å²) in [5.41, 5.74) is 0.636. The van der Waals surface area contributed by atoms with Gasteiger partial charge in [-0.2, -0.15) is 0 Å². The van der Waals surface area contributed by atoms with Crippen molar-refractivity contribution in [1.82, 2.24) is 0 Å². The van der Waals surface area contributed by atoms with E-state index in [1.54, 1.807) is 12.1 Å². The first-order valence-electron chi connectivity index (χ1n) is 26.4. The van der Waals surface area contributed by atoms with E-state index < -0.39 is 116 Å². The molecule has 9 rings (SSSR count). The highest BCUT2D eigenvalue weighted by atomic mass is 19.1. The summed E-state index contributed by atoms with van der Waals surface area (Å²) in [5.74, 6) is 0.995. The highest BCUT2D eigenvalue weighted by Gasteiger charge is 2.70. The van der Waals surface area contributed by atoms with Crippen molar-refractivity contribution in [3.8, 4) is 0 Å². The summed E-state index contributed by atoms with van der Waals surface area (Å²) in [7, 11) is 0. The zero-order valence-corrected chi connectivity index (χ0v) is 42.9. The van der Waals surface area contributed by atoms with Gasteiger partial charge in [0.2, 0.25) is 5.91 Å². The van der Waals surface area contributed by atoms with Crippen LogP contribution in [0.3, 0.4) is 0 Å². The van der Waals surface area contributed by atoms with Crippen molar-refractivity contribution < 1.29 is 78.5 Å². The highest BCUT2D eigenvalue weighted by molar-refractivity contribution is 5.96. The number of fused-ring (bicyclic) bond motifs is 7. The number of allylic oxidation sites excluding steroid dienone is 2. The third kappa shape index (κ3) is 8.60. The van der Waals surface area contributed by atoms with Crippen molar-refractivity contribution in [2.24, 2.45) is 56.7 Å². The fourth-order valence-corrected chi connectivity index (χ4v) is 16.1. The van der Waals surface area contributed by atoms with Crippen molar-refractivity contribution >= 4 is 11.6 Å². The fourth-order valence-electron chi connectivity index (χ4n) is 16.1. The number of aliphatic hydroxyl groups excluding tert-OH is 8. The Morgan fingerprint density at radius 2 is 1.28 bits per heavy atom. The molecule has 1 aromatic rings. The molecule has 0 aromatic heterocycles. The first kappa shape index (κ1) is 53.6. The molecule has 400 valence electrons. The van der Waals surface area contributed by atoms with Crippen LogP contribution < -0.4 is 5.32 Å². The highest BCUT2D eigenvalue weighted by Crippen LogP contribution is 2.76. The van der Waals surface area contributed by atoms with E-state index in [9.17, 15) is 50.0 Å². The molecule has 1 amide bonds. The molecule has 16 nitrogen and oxygen atoms in total. The van der Waals surface area contributed by atoms with Crippen LogP contribution in [0, 0.1) is 62.5 Å². The number of aliphatic hydroxyl groups is 8. The number of hydrogen-bond donors (Lipinski definition) is 9. The number of halogens is 1. The number of hydrogen-bond acceptors (Lipinski definition) is 15. The molecule has 17 heteroatoms. The predicted molar refractivity (Wildman–Crippen MR) is 255 cm³/mol. The minimum Gasteiger partial charge on any atom is -0.394 e. The third-order valence-corrected chi connectivity index (χ3v) is 20.8. The maximum atomic E-state index is 14.7. The smallest absolute Gasteiger partial charge is 0.231 e. The maximum Gasteiger partial charge on any atom is 0.231 e. The van der Waals surface area contributed by atoms with Gasteiger partial charge in [0, 0.05) is 5.69 Å². The summed E-state index contributed by atoms with van der Waals surface area (Å²) in [6.07, 6.45) is -12.3. The van der Waals surface area contributed by atoms with E-state index in [1.807, 2.05) is 0 Å². The molecule has 3 saturated heterocycles. The number of carbonyl (C=O) groups excluding carboxylic acids is 1. The lowest BCUT2D eigenvalue weighted by Crippen LogP contribution is -2.68. The second-order valence-electron chi connectivity index (χ2n) is 24.5. The second kappa shape index (κ2) is 19.4. The van der Waals surface area contributed by atoms with E-state index in [2.05, 4.69) is 59.9 Å². The average Bonchev–Trinajstić information content (AvgIpc) is 3.33. The predicted octanol–water partition coefficient (Wildman–Crippen LogP) is 4.31. The van der Waals surface area contributed by atoms with Gasteiger partial charge in [0.05, 0.1) is 30.3 Å². The van der Waals surface area contributed by atoms with Gasteiger partial charge in [-0.1, -0.05) is 60.1 Å². The second-order valence-corrected chi connectivity index (χ2v) is 24.5. The van der Waals surface area contributed by atoms with Crippen molar-refractivity contribution in [2.75, 3.05) is 11.9 Å². The van der Waals surface area contributed by atoms with Crippen LogP contribution in [0.4, 0.5) is 10.1 Å². The molecule has 5 aliphatic carbocycles. The van der Waals surface area contributed by atoms with Gasteiger partial charge in [0.25, 0.3) is 0 Å². The number of benzene rings is 1. The molecule has 0 radical (unpaired) electrons. The molecular formula is C54H82FNO15.